The van der Waals surface area contributed by atoms with Crippen LogP contribution in [0.5, 0.6) is 17.5 Å². The number of ether oxygens (including phenoxy) is 2. The van der Waals surface area contributed by atoms with E-state index in [0.29, 0.717) is 23.2 Å². The van der Waals surface area contributed by atoms with E-state index in [-0.39, 0.29) is 23.2 Å². The Kier molecular flexibility index (Phi) is 2.93. The van der Waals surface area contributed by atoms with Crippen molar-refractivity contribution in [3.63, 3.8) is 0 Å². The summed E-state index contributed by atoms with van der Waals surface area (Å²) in [5.74, 6) is -0.186. The van der Waals surface area contributed by atoms with Crippen molar-refractivity contribution in [3.05, 3.63) is 29.1 Å². The number of hydrogen-bond donors (Lipinski definition) is 3. The van der Waals surface area contributed by atoms with Gasteiger partial charge in [-0.1, -0.05) is 0 Å². The fraction of sp³-hybridized carbons (Fsp3) is 0.412. The summed E-state index contributed by atoms with van der Waals surface area (Å²) in [6.07, 6.45) is 0.891. The first-order valence-electron chi connectivity index (χ1n) is 7.77. The molecule has 2 aliphatic rings. The highest BCUT2D eigenvalue weighted by molar-refractivity contribution is 5.61. The summed E-state index contributed by atoms with van der Waals surface area (Å²) in [6.45, 7) is 3.46. The summed E-state index contributed by atoms with van der Waals surface area (Å²) in [6, 6.07) is 3.42. The van der Waals surface area contributed by atoms with Crippen LogP contribution in [0, 0.1) is 11.3 Å². The maximum absolute atomic E-state index is 10.8. The zero-order valence-electron chi connectivity index (χ0n) is 13.9. The zero-order valence-corrected chi connectivity index (χ0v) is 13.9. The Labute approximate surface area is 143 Å². The highest BCUT2D eigenvalue weighted by Gasteiger charge is 2.64. The largest absolute Gasteiger partial charge is 0.494 e. The van der Waals surface area contributed by atoms with Crippen molar-refractivity contribution in [2.75, 3.05) is 7.11 Å². The van der Waals surface area contributed by atoms with Gasteiger partial charge in [-0.3, -0.25) is 0 Å². The summed E-state index contributed by atoms with van der Waals surface area (Å²) < 4.78 is 12.3. The molecule has 8 heteroatoms. The summed E-state index contributed by atoms with van der Waals surface area (Å²) in [5.41, 5.74) is -0.721. The average molecular weight is 343 g/mol. The van der Waals surface area contributed by atoms with Gasteiger partial charge in [-0.05, 0) is 13.8 Å². The second-order valence-electron chi connectivity index (χ2n) is 6.75. The van der Waals surface area contributed by atoms with Crippen LogP contribution in [0.15, 0.2) is 12.3 Å². The number of pyridine rings is 1. The van der Waals surface area contributed by atoms with Gasteiger partial charge in [0.25, 0.3) is 0 Å². The fourth-order valence-electron chi connectivity index (χ4n) is 4.07. The minimum atomic E-state index is -1.10. The van der Waals surface area contributed by atoms with Crippen LogP contribution < -0.4 is 4.74 Å². The molecule has 2 aliphatic heterocycles. The SMILES string of the molecule is COc1cc(-n2c(O)c3c(c2O)C2(C)OC3(C)C[C@H]2O)cnc1C#N. The Bertz CT molecular complexity index is 947. The van der Waals surface area contributed by atoms with Crippen LogP contribution in [-0.2, 0) is 15.9 Å². The van der Waals surface area contributed by atoms with E-state index in [2.05, 4.69) is 4.98 Å². The van der Waals surface area contributed by atoms with Gasteiger partial charge in [0, 0.05) is 12.5 Å². The van der Waals surface area contributed by atoms with Gasteiger partial charge in [0.05, 0.1) is 41.8 Å². The predicted octanol–water partition coefficient (Wildman–Crippen LogP) is 1.39. The van der Waals surface area contributed by atoms with E-state index in [1.807, 2.05) is 6.07 Å². The first-order chi connectivity index (χ1) is 11.8. The van der Waals surface area contributed by atoms with Crippen LogP contribution in [0.25, 0.3) is 5.69 Å². The molecule has 4 heterocycles. The van der Waals surface area contributed by atoms with E-state index < -0.39 is 17.3 Å². The molecule has 4 rings (SSSR count). The van der Waals surface area contributed by atoms with Crippen molar-refractivity contribution in [1.29, 1.82) is 5.26 Å². The maximum atomic E-state index is 10.8. The molecular formula is C17H17N3O5. The highest BCUT2D eigenvalue weighted by atomic mass is 16.6. The smallest absolute Gasteiger partial charge is 0.205 e. The molecule has 3 N–H and O–H groups in total. The molecule has 0 radical (unpaired) electrons. The minimum Gasteiger partial charge on any atom is -0.494 e. The molecule has 3 atom stereocenters. The number of aliphatic hydroxyl groups is 1. The number of rotatable bonds is 2. The van der Waals surface area contributed by atoms with E-state index in [0.717, 1.165) is 0 Å². The van der Waals surface area contributed by atoms with Gasteiger partial charge >= 0.3 is 0 Å². The Balaban J connectivity index is 1.97. The lowest BCUT2D eigenvalue weighted by atomic mass is 9.78. The number of aromatic hydroxyl groups is 2. The van der Waals surface area contributed by atoms with Crippen molar-refractivity contribution in [2.45, 2.75) is 37.6 Å². The second kappa shape index (κ2) is 4.65. The van der Waals surface area contributed by atoms with Crippen molar-refractivity contribution in [2.24, 2.45) is 0 Å². The fourth-order valence-corrected chi connectivity index (χ4v) is 4.07. The standard InChI is InChI=1S/C17H17N3O5/c1-16-5-11(21)17(2,25-16)13-12(16)14(22)20(15(13)23)8-4-10(24-3)9(6-18)19-7-8/h4,7,11,21-23H,5H2,1-3H3/t11-,16?,17?/m1/s1. The lowest BCUT2D eigenvalue weighted by molar-refractivity contribution is -0.0936. The molecule has 1 saturated heterocycles. The lowest BCUT2D eigenvalue weighted by Gasteiger charge is -2.25. The molecule has 2 aromatic rings. The third kappa shape index (κ3) is 1.74. The number of aliphatic hydroxyl groups excluding tert-OH is 1. The predicted molar refractivity (Wildman–Crippen MR) is 84.6 cm³/mol. The number of nitrogens with zero attached hydrogens (tertiary/aromatic N) is 3. The Morgan fingerprint density at radius 3 is 2.68 bits per heavy atom. The molecule has 8 nitrogen and oxygen atoms in total. The Hall–Kier alpha value is -2.76. The van der Waals surface area contributed by atoms with Crippen molar-refractivity contribution in [3.8, 4) is 29.3 Å². The molecule has 0 aliphatic carbocycles. The van der Waals surface area contributed by atoms with Gasteiger partial charge in [-0.15, -0.1) is 0 Å². The van der Waals surface area contributed by atoms with Crippen LogP contribution in [0.1, 0.15) is 37.1 Å². The third-order valence-electron chi connectivity index (χ3n) is 5.22. The van der Waals surface area contributed by atoms with Gasteiger partial charge < -0.3 is 24.8 Å². The molecule has 0 saturated carbocycles. The summed E-state index contributed by atoms with van der Waals surface area (Å²) in [7, 11) is 1.41. The zero-order chi connectivity index (χ0) is 18.1. The summed E-state index contributed by atoms with van der Waals surface area (Å²) >= 11 is 0. The van der Waals surface area contributed by atoms with Crippen LogP contribution in [0.4, 0.5) is 0 Å². The monoisotopic (exact) mass is 343 g/mol. The Morgan fingerprint density at radius 2 is 2.04 bits per heavy atom. The summed E-state index contributed by atoms with van der Waals surface area (Å²) in [4.78, 5) is 4.00. The van der Waals surface area contributed by atoms with Crippen LogP contribution in [-0.4, -0.2) is 38.1 Å². The van der Waals surface area contributed by atoms with Gasteiger partial charge in [0.2, 0.25) is 11.8 Å². The molecule has 130 valence electrons. The molecule has 0 spiro atoms. The Morgan fingerprint density at radius 1 is 1.36 bits per heavy atom. The van der Waals surface area contributed by atoms with E-state index in [4.69, 9.17) is 14.7 Å². The van der Waals surface area contributed by atoms with Gasteiger partial charge in [-0.25, -0.2) is 9.55 Å². The van der Waals surface area contributed by atoms with E-state index in [1.165, 1.54) is 23.9 Å². The number of fused-ring (bicyclic) bond motifs is 5. The van der Waals surface area contributed by atoms with Gasteiger partial charge in [0.1, 0.15) is 11.7 Å². The van der Waals surface area contributed by atoms with Crippen molar-refractivity contribution >= 4 is 0 Å². The minimum absolute atomic E-state index is 0.0997. The average Bonchev–Trinajstić information content (AvgIpc) is 3.08. The van der Waals surface area contributed by atoms with Crippen LogP contribution >= 0.6 is 0 Å². The molecule has 2 unspecified atom stereocenters. The van der Waals surface area contributed by atoms with Gasteiger partial charge in [-0.2, -0.15) is 5.26 Å². The van der Waals surface area contributed by atoms with Crippen molar-refractivity contribution < 1.29 is 24.8 Å². The number of methoxy groups -OCH3 is 1. The maximum Gasteiger partial charge on any atom is 0.205 e. The highest BCUT2D eigenvalue weighted by Crippen LogP contribution is 2.64. The molecule has 0 amide bonds. The van der Waals surface area contributed by atoms with Crippen LogP contribution in [0.3, 0.4) is 0 Å². The first kappa shape index (κ1) is 15.7. The van der Waals surface area contributed by atoms with E-state index >= 15 is 0 Å². The lowest BCUT2D eigenvalue weighted by Crippen LogP contribution is -2.32. The topological polar surface area (TPSA) is 121 Å². The normalized spacial score (nSPS) is 29.5. The summed E-state index contributed by atoms with van der Waals surface area (Å²) in [5, 5.41) is 40.9. The molecule has 2 aromatic heterocycles. The number of hydrogen-bond acceptors (Lipinski definition) is 7. The van der Waals surface area contributed by atoms with Gasteiger partial charge in [0.15, 0.2) is 11.4 Å². The molecular weight excluding hydrogens is 326 g/mol. The van der Waals surface area contributed by atoms with E-state index in [1.54, 1.807) is 13.8 Å². The van der Waals surface area contributed by atoms with Crippen molar-refractivity contribution in [1.82, 2.24) is 9.55 Å². The number of aromatic nitrogens is 2. The quantitative estimate of drug-likeness (QED) is 0.753. The molecule has 2 bridgehead atoms. The first-order valence-corrected chi connectivity index (χ1v) is 7.77. The second-order valence-corrected chi connectivity index (χ2v) is 6.75. The van der Waals surface area contributed by atoms with Crippen LogP contribution in [0.2, 0.25) is 0 Å². The molecule has 0 aromatic carbocycles. The molecule has 25 heavy (non-hydrogen) atoms. The number of nitriles is 1. The van der Waals surface area contributed by atoms with E-state index in [9.17, 15) is 15.3 Å². The third-order valence-corrected chi connectivity index (χ3v) is 5.22. The molecule has 1 fully saturated rings.